The Morgan fingerprint density at radius 2 is 2.08 bits per heavy atom. The number of carbonyl (C=O) groups is 1. The summed E-state index contributed by atoms with van der Waals surface area (Å²) in [5, 5.41) is 4.50. The molecule has 0 bridgehead atoms. The molecule has 0 unspecified atom stereocenters. The van der Waals surface area contributed by atoms with Crippen LogP contribution < -0.4 is 20.3 Å². The number of aromatic nitrogens is 2. The van der Waals surface area contributed by atoms with E-state index in [1.807, 2.05) is 18.2 Å². The molecular weight excluding hydrogens is 342 g/mol. The van der Waals surface area contributed by atoms with Crippen molar-refractivity contribution < 1.29 is 14.3 Å². The van der Waals surface area contributed by atoms with Crippen molar-refractivity contribution in [2.45, 2.75) is 6.42 Å². The highest BCUT2D eigenvalue weighted by Gasteiger charge is 2.13. The molecule has 3 aromatic rings. The third-order valence-electron chi connectivity index (χ3n) is 3.73. The zero-order valence-electron chi connectivity index (χ0n) is 13.8. The van der Waals surface area contributed by atoms with Crippen LogP contribution in [0.2, 0.25) is 0 Å². The lowest BCUT2D eigenvalue weighted by Gasteiger charge is -2.10. The van der Waals surface area contributed by atoms with Gasteiger partial charge in [0.15, 0.2) is 16.5 Å². The summed E-state index contributed by atoms with van der Waals surface area (Å²) in [5.74, 6) is 0.855. The number of carbonyl (C=O) groups excluding carboxylic acids is 1. The van der Waals surface area contributed by atoms with Crippen LogP contribution in [0.25, 0.3) is 4.96 Å². The Kier molecular flexibility index (Phi) is 4.99. The summed E-state index contributed by atoms with van der Waals surface area (Å²) in [5.41, 5.74) is 0.652. The van der Waals surface area contributed by atoms with Gasteiger partial charge in [-0.3, -0.25) is 14.0 Å². The zero-order valence-corrected chi connectivity index (χ0v) is 14.6. The molecule has 0 fully saturated rings. The van der Waals surface area contributed by atoms with Crippen LogP contribution in [0.5, 0.6) is 11.5 Å². The molecule has 1 N–H and O–H groups in total. The highest BCUT2D eigenvalue weighted by molar-refractivity contribution is 7.15. The first-order valence-corrected chi connectivity index (χ1v) is 8.46. The molecule has 1 aromatic carbocycles. The van der Waals surface area contributed by atoms with E-state index in [1.54, 1.807) is 25.8 Å². The maximum atomic E-state index is 12.3. The number of rotatable bonds is 6. The van der Waals surface area contributed by atoms with Crippen LogP contribution >= 0.6 is 11.3 Å². The minimum absolute atomic E-state index is 0.0308. The Labute approximate surface area is 147 Å². The van der Waals surface area contributed by atoms with Crippen molar-refractivity contribution in [1.82, 2.24) is 14.7 Å². The van der Waals surface area contributed by atoms with Crippen molar-refractivity contribution in [1.29, 1.82) is 0 Å². The Balaban J connectivity index is 1.66. The maximum absolute atomic E-state index is 12.3. The van der Waals surface area contributed by atoms with Gasteiger partial charge in [-0.2, -0.15) is 0 Å². The van der Waals surface area contributed by atoms with Crippen LogP contribution in [-0.2, 0) is 6.42 Å². The van der Waals surface area contributed by atoms with Crippen LogP contribution in [0.4, 0.5) is 0 Å². The van der Waals surface area contributed by atoms with Gasteiger partial charge in [-0.25, -0.2) is 4.98 Å². The molecular formula is C17H17N3O4S. The third-order valence-corrected chi connectivity index (χ3v) is 4.51. The Morgan fingerprint density at radius 3 is 2.84 bits per heavy atom. The highest BCUT2D eigenvalue weighted by atomic mass is 32.1. The van der Waals surface area contributed by atoms with E-state index in [1.165, 1.54) is 21.9 Å². The molecule has 1 amide bonds. The van der Waals surface area contributed by atoms with E-state index in [4.69, 9.17) is 9.47 Å². The minimum atomic E-state index is -0.432. The van der Waals surface area contributed by atoms with Crippen molar-refractivity contribution in [2.75, 3.05) is 20.8 Å². The topological polar surface area (TPSA) is 81.9 Å². The zero-order chi connectivity index (χ0) is 17.8. The Bertz CT molecular complexity index is 964. The van der Waals surface area contributed by atoms with Crippen LogP contribution in [0, 0.1) is 0 Å². The number of hydrogen-bond donors (Lipinski definition) is 1. The largest absolute Gasteiger partial charge is 0.493 e. The van der Waals surface area contributed by atoms with Gasteiger partial charge >= 0.3 is 0 Å². The number of nitrogens with zero attached hydrogens (tertiary/aromatic N) is 2. The lowest BCUT2D eigenvalue weighted by atomic mass is 10.1. The quantitative estimate of drug-likeness (QED) is 0.725. The standard InChI is InChI=1S/C17H17N3O4S/c1-23-13-4-3-11(9-14(13)24-2)5-6-18-15(21)12-10-19-17-20(16(12)22)7-8-25-17/h3-4,7-10H,5-6H2,1-2H3,(H,18,21). The van der Waals surface area contributed by atoms with Crippen molar-refractivity contribution in [3.8, 4) is 11.5 Å². The molecule has 25 heavy (non-hydrogen) atoms. The molecule has 0 spiro atoms. The summed E-state index contributed by atoms with van der Waals surface area (Å²) in [4.78, 5) is 29.2. The fraction of sp³-hybridized carbons (Fsp3) is 0.235. The van der Waals surface area contributed by atoms with Crippen LogP contribution in [0.3, 0.4) is 0 Å². The maximum Gasteiger partial charge on any atom is 0.271 e. The average Bonchev–Trinajstić information content (AvgIpc) is 3.11. The van der Waals surface area contributed by atoms with E-state index in [0.29, 0.717) is 29.4 Å². The summed E-state index contributed by atoms with van der Waals surface area (Å²) in [6.45, 7) is 0.389. The second-order valence-corrected chi connectivity index (χ2v) is 6.10. The van der Waals surface area contributed by atoms with E-state index in [2.05, 4.69) is 10.3 Å². The predicted octanol–water partition coefficient (Wildman–Crippen LogP) is 1.75. The van der Waals surface area contributed by atoms with Crippen molar-refractivity contribution in [3.05, 3.63) is 57.5 Å². The second kappa shape index (κ2) is 7.35. The van der Waals surface area contributed by atoms with Gasteiger partial charge in [0.25, 0.3) is 11.5 Å². The average molecular weight is 359 g/mol. The lowest BCUT2D eigenvalue weighted by Crippen LogP contribution is -2.32. The number of hydrogen-bond acceptors (Lipinski definition) is 6. The van der Waals surface area contributed by atoms with E-state index < -0.39 is 5.91 Å². The summed E-state index contributed by atoms with van der Waals surface area (Å²) in [6, 6.07) is 5.58. The summed E-state index contributed by atoms with van der Waals surface area (Å²) < 4.78 is 11.8. The third kappa shape index (κ3) is 3.48. The van der Waals surface area contributed by atoms with Gasteiger partial charge in [0.1, 0.15) is 5.56 Å². The van der Waals surface area contributed by atoms with Crippen molar-refractivity contribution in [3.63, 3.8) is 0 Å². The SMILES string of the molecule is COc1ccc(CCNC(=O)c2cnc3sccn3c2=O)cc1OC. The number of nitrogens with one attached hydrogen (secondary N) is 1. The van der Waals surface area contributed by atoms with Crippen molar-refractivity contribution in [2.24, 2.45) is 0 Å². The molecule has 0 aliphatic rings. The van der Waals surface area contributed by atoms with Crippen molar-refractivity contribution >= 4 is 22.2 Å². The van der Waals surface area contributed by atoms with E-state index in [-0.39, 0.29) is 11.1 Å². The van der Waals surface area contributed by atoms with Gasteiger partial charge in [0, 0.05) is 24.3 Å². The molecule has 7 nitrogen and oxygen atoms in total. The van der Waals surface area contributed by atoms with Gasteiger partial charge in [0.05, 0.1) is 14.2 Å². The fourth-order valence-electron chi connectivity index (χ4n) is 2.43. The molecule has 2 aromatic heterocycles. The van der Waals surface area contributed by atoms with Crippen LogP contribution in [0.1, 0.15) is 15.9 Å². The van der Waals surface area contributed by atoms with Gasteiger partial charge in [0.2, 0.25) is 0 Å². The van der Waals surface area contributed by atoms with Crippen LogP contribution in [-0.4, -0.2) is 36.1 Å². The van der Waals surface area contributed by atoms with Gasteiger partial charge in [-0.1, -0.05) is 6.07 Å². The summed E-state index contributed by atoms with van der Waals surface area (Å²) in [6.07, 6.45) is 3.53. The highest BCUT2D eigenvalue weighted by Crippen LogP contribution is 2.27. The van der Waals surface area contributed by atoms with Gasteiger partial charge in [-0.15, -0.1) is 11.3 Å². The number of methoxy groups -OCH3 is 2. The first kappa shape index (κ1) is 17.0. The molecule has 8 heteroatoms. The van der Waals surface area contributed by atoms with Gasteiger partial charge in [-0.05, 0) is 24.1 Å². The molecule has 0 atom stereocenters. The molecule has 130 valence electrons. The normalized spacial score (nSPS) is 10.6. The number of fused-ring (bicyclic) bond motifs is 1. The van der Waals surface area contributed by atoms with Crippen LogP contribution in [0.15, 0.2) is 40.8 Å². The first-order chi connectivity index (χ1) is 12.1. The van der Waals surface area contributed by atoms with E-state index in [9.17, 15) is 9.59 Å². The summed E-state index contributed by atoms with van der Waals surface area (Å²) in [7, 11) is 3.15. The molecule has 0 radical (unpaired) electrons. The monoisotopic (exact) mass is 359 g/mol. The molecule has 3 rings (SSSR count). The number of ether oxygens (including phenoxy) is 2. The molecule has 0 aliphatic heterocycles. The molecule has 0 saturated carbocycles. The molecule has 2 heterocycles. The molecule has 0 aliphatic carbocycles. The summed E-state index contributed by atoms with van der Waals surface area (Å²) >= 11 is 1.34. The predicted molar refractivity (Wildman–Crippen MR) is 94.9 cm³/mol. The van der Waals surface area contributed by atoms with Gasteiger partial charge < -0.3 is 14.8 Å². The molecule has 0 saturated heterocycles. The smallest absolute Gasteiger partial charge is 0.271 e. The van der Waals surface area contributed by atoms with E-state index >= 15 is 0 Å². The minimum Gasteiger partial charge on any atom is -0.493 e. The number of benzene rings is 1. The lowest BCUT2D eigenvalue weighted by molar-refractivity contribution is 0.0952. The Morgan fingerprint density at radius 1 is 1.28 bits per heavy atom. The number of thiazole rings is 1. The van der Waals surface area contributed by atoms with E-state index in [0.717, 1.165) is 5.56 Å². The Hall–Kier alpha value is -2.87. The second-order valence-electron chi connectivity index (χ2n) is 5.23. The first-order valence-electron chi connectivity index (χ1n) is 7.58. The fourth-order valence-corrected chi connectivity index (χ4v) is 3.11. The number of amides is 1.